The first-order valence-electron chi connectivity index (χ1n) is 9.62. The van der Waals surface area contributed by atoms with E-state index in [1.807, 2.05) is 49.4 Å². The molecule has 148 valence electrons. The van der Waals surface area contributed by atoms with Gasteiger partial charge in [-0.05, 0) is 60.5 Å². The number of ether oxygens (including phenoxy) is 1. The van der Waals surface area contributed by atoms with Gasteiger partial charge in [0.15, 0.2) is 0 Å². The molecular weight excluding hydrogens is 364 g/mol. The van der Waals surface area contributed by atoms with Crippen LogP contribution in [0.1, 0.15) is 35.7 Å². The van der Waals surface area contributed by atoms with Crippen LogP contribution in [0, 0.1) is 0 Å². The van der Waals surface area contributed by atoms with Crippen molar-refractivity contribution in [2.45, 2.75) is 26.4 Å². The Bertz CT molecular complexity index is 936. The second-order valence-corrected chi connectivity index (χ2v) is 6.63. The Hall–Kier alpha value is -3.60. The Morgan fingerprint density at radius 3 is 2.07 bits per heavy atom. The average molecular weight is 388 g/mol. The third-order valence-electron chi connectivity index (χ3n) is 4.27. The van der Waals surface area contributed by atoms with Gasteiger partial charge in [-0.3, -0.25) is 9.59 Å². The number of rotatable bonds is 8. The van der Waals surface area contributed by atoms with Crippen LogP contribution < -0.4 is 15.4 Å². The lowest BCUT2D eigenvalue weighted by molar-refractivity contribution is -0.116. The summed E-state index contributed by atoms with van der Waals surface area (Å²) in [5, 5.41) is 5.66. The number of carbonyl (C=O) groups excluding carboxylic acids is 2. The smallest absolute Gasteiger partial charge is 0.255 e. The maximum atomic E-state index is 12.4. The van der Waals surface area contributed by atoms with Crippen LogP contribution >= 0.6 is 0 Å². The summed E-state index contributed by atoms with van der Waals surface area (Å²) in [6.45, 7) is 2.45. The standard InChI is InChI=1S/C24H24N2O3/c1-2-6-23(27)25-20-11-9-19(10-12-20)24(28)26-21-13-15-22(16-14-21)29-17-18-7-4-3-5-8-18/h3-5,7-16H,2,6,17H2,1H3,(H,25,27)(H,26,28). The van der Waals surface area contributed by atoms with E-state index in [-0.39, 0.29) is 11.8 Å². The molecular formula is C24H24N2O3. The van der Waals surface area contributed by atoms with E-state index < -0.39 is 0 Å². The molecule has 5 heteroatoms. The molecule has 3 aromatic rings. The average Bonchev–Trinajstić information content (AvgIpc) is 2.74. The van der Waals surface area contributed by atoms with Crippen molar-refractivity contribution in [3.05, 3.63) is 90.0 Å². The van der Waals surface area contributed by atoms with Gasteiger partial charge in [-0.1, -0.05) is 37.3 Å². The lowest BCUT2D eigenvalue weighted by Crippen LogP contribution is -2.13. The number of benzene rings is 3. The molecule has 0 aliphatic heterocycles. The van der Waals surface area contributed by atoms with E-state index >= 15 is 0 Å². The normalized spacial score (nSPS) is 10.2. The van der Waals surface area contributed by atoms with E-state index in [4.69, 9.17) is 4.74 Å². The molecule has 0 saturated carbocycles. The van der Waals surface area contributed by atoms with Gasteiger partial charge in [-0.2, -0.15) is 0 Å². The van der Waals surface area contributed by atoms with Crippen molar-refractivity contribution in [2.75, 3.05) is 10.6 Å². The lowest BCUT2D eigenvalue weighted by Gasteiger charge is -2.09. The number of amides is 2. The molecule has 0 bridgehead atoms. The Morgan fingerprint density at radius 1 is 0.793 bits per heavy atom. The largest absolute Gasteiger partial charge is 0.489 e. The number of carbonyl (C=O) groups is 2. The zero-order valence-corrected chi connectivity index (χ0v) is 16.4. The summed E-state index contributed by atoms with van der Waals surface area (Å²) in [5.41, 5.74) is 2.98. The number of hydrogen-bond acceptors (Lipinski definition) is 3. The molecule has 0 radical (unpaired) electrons. The van der Waals surface area contributed by atoms with Gasteiger partial charge in [0.1, 0.15) is 12.4 Å². The van der Waals surface area contributed by atoms with E-state index in [2.05, 4.69) is 10.6 Å². The van der Waals surface area contributed by atoms with Gasteiger partial charge in [0, 0.05) is 23.4 Å². The van der Waals surface area contributed by atoms with Crippen molar-refractivity contribution in [3.63, 3.8) is 0 Å². The molecule has 5 nitrogen and oxygen atoms in total. The molecule has 0 aliphatic carbocycles. The van der Waals surface area contributed by atoms with Crippen molar-refractivity contribution in [2.24, 2.45) is 0 Å². The predicted molar refractivity (Wildman–Crippen MR) is 115 cm³/mol. The third-order valence-corrected chi connectivity index (χ3v) is 4.27. The van der Waals surface area contributed by atoms with Crippen LogP contribution in [0.15, 0.2) is 78.9 Å². The summed E-state index contributed by atoms with van der Waals surface area (Å²) in [6, 6.07) is 24.0. The molecule has 0 fully saturated rings. The van der Waals surface area contributed by atoms with Crippen LogP contribution in [0.5, 0.6) is 5.75 Å². The lowest BCUT2D eigenvalue weighted by atomic mass is 10.2. The van der Waals surface area contributed by atoms with Crippen molar-refractivity contribution in [3.8, 4) is 5.75 Å². The van der Waals surface area contributed by atoms with Crippen LogP contribution in [0.2, 0.25) is 0 Å². The Morgan fingerprint density at radius 2 is 1.41 bits per heavy atom. The number of hydrogen-bond donors (Lipinski definition) is 2. The first-order valence-corrected chi connectivity index (χ1v) is 9.62. The van der Waals surface area contributed by atoms with Crippen molar-refractivity contribution in [1.82, 2.24) is 0 Å². The fourth-order valence-electron chi connectivity index (χ4n) is 2.73. The first kappa shape index (κ1) is 20.1. The maximum absolute atomic E-state index is 12.4. The van der Waals surface area contributed by atoms with Gasteiger partial charge in [0.25, 0.3) is 5.91 Å². The number of anilines is 2. The summed E-state index contributed by atoms with van der Waals surface area (Å²) >= 11 is 0. The minimum atomic E-state index is -0.214. The molecule has 0 saturated heterocycles. The fraction of sp³-hybridized carbons (Fsp3) is 0.167. The zero-order chi connectivity index (χ0) is 20.5. The third kappa shape index (κ3) is 6.21. The van der Waals surface area contributed by atoms with E-state index in [1.165, 1.54) is 0 Å². The monoisotopic (exact) mass is 388 g/mol. The maximum Gasteiger partial charge on any atom is 0.255 e. The fourth-order valence-corrected chi connectivity index (χ4v) is 2.73. The Labute approximate surface area is 170 Å². The van der Waals surface area contributed by atoms with Gasteiger partial charge in [-0.25, -0.2) is 0 Å². The molecule has 3 rings (SSSR count). The molecule has 0 aliphatic rings. The molecule has 2 N–H and O–H groups in total. The van der Waals surface area contributed by atoms with Crippen molar-refractivity contribution < 1.29 is 14.3 Å². The first-order chi connectivity index (χ1) is 14.1. The summed E-state index contributed by atoms with van der Waals surface area (Å²) in [5.74, 6) is 0.493. The molecule has 3 aromatic carbocycles. The predicted octanol–water partition coefficient (Wildman–Crippen LogP) is 5.26. The molecule has 2 amide bonds. The van der Waals surface area contributed by atoms with E-state index in [9.17, 15) is 9.59 Å². The van der Waals surface area contributed by atoms with Crippen LogP contribution in [0.4, 0.5) is 11.4 Å². The van der Waals surface area contributed by atoms with E-state index in [1.54, 1.807) is 36.4 Å². The number of nitrogens with one attached hydrogen (secondary N) is 2. The highest BCUT2D eigenvalue weighted by Gasteiger charge is 2.07. The Balaban J connectivity index is 1.53. The highest BCUT2D eigenvalue weighted by molar-refractivity contribution is 6.04. The van der Waals surface area contributed by atoms with Gasteiger partial charge in [0.05, 0.1) is 0 Å². The second kappa shape index (κ2) is 10.1. The molecule has 0 heterocycles. The molecule has 29 heavy (non-hydrogen) atoms. The minimum Gasteiger partial charge on any atom is -0.489 e. The van der Waals surface area contributed by atoms with Crippen LogP contribution in [0.3, 0.4) is 0 Å². The summed E-state index contributed by atoms with van der Waals surface area (Å²) in [4.78, 5) is 24.0. The summed E-state index contributed by atoms with van der Waals surface area (Å²) in [6.07, 6.45) is 1.27. The quantitative estimate of drug-likeness (QED) is 0.553. The molecule has 0 atom stereocenters. The van der Waals surface area contributed by atoms with Crippen molar-refractivity contribution >= 4 is 23.2 Å². The van der Waals surface area contributed by atoms with E-state index in [0.29, 0.717) is 30.0 Å². The SMILES string of the molecule is CCCC(=O)Nc1ccc(C(=O)Nc2ccc(OCc3ccccc3)cc2)cc1. The van der Waals surface area contributed by atoms with Gasteiger partial charge in [-0.15, -0.1) is 0 Å². The minimum absolute atomic E-state index is 0.0284. The van der Waals surface area contributed by atoms with Crippen LogP contribution in [0.25, 0.3) is 0 Å². The molecule has 0 unspecified atom stereocenters. The zero-order valence-electron chi connectivity index (χ0n) is 16.4. The van der Waals surface area contributed by atoms with Crippen LogP contribution in [-0.2, 0) is 11.4 Å². The Kier molecular flexibility index (Phi) is 7.00. The summed E-state index contributed by atoms with van der Waals surface area (Å²) in [7, 11) is 0. The van der Waals surface area contributed by atoms with Gasteiger partial charge < -0.3 is 15.4 Å². The highest BCUT2D eigenvalue weighted by Crippen LogP contribution is 2.18. The molecule has 0 aromatic heterocycles. The van der Waals surface area contributed by atoms with Gasteiger partial charge >= 0.3 is 0 Å². The highest BCUT2D eigenvalue weighted by atomic mass is 16.5. The van der Waals surface area contributed by atoms with E-state index in [0.717, 1.165) is 17.7 Å². The van der Waals surface area contributed by atoms with Crippen LogP contribution in [-0.4, -0.2) is 11.8 Å². The second-order valence-electron chi connectivity index (χ2n) is 6.63. The summed E-state index contributed by atoms with van der Waals surface area (Å²) < 4.78 is 5.75. The van der Waals surface area contributed by atoms with Crippen molar-refractivity contribution in [1.29, 1.82) is 0 Å². The van der Waals surface area contributed by atoms with Gasteiger partial charge in [0.2, 0.25) is 5.91 Å². The topological polar surface area (TPSA) is 67.4 Å². The molecule has 0 spiro atoms.